The van der Waals surface area contributed by atoms with Crippen LogP contribution in [0.15, 0.2) is 23.2 Å². The molecule has 0 amide bonds. The van der Waals surface area contributed by atoms with Gasteiger partial charge in [0.1, 0.15) is 0 Å². The predicted molar refractivity (Wildman–Crippen MR) is 49.7 cm³/mol. The Morgan fingerprint density at radius 3 is 2.75 bits per heavy atom. The summed E-state index contributed by atoms with van der Waals surface area (Å²) >= 11 is 0. The van der Waals surface area contributed by atoms with Gasteiger partial charge in [0.15, 0.2) is 0 Å². The third-order valence-electron chi connectivity index (χ3n) is 1.61. The zero-order valence-electron chi connectivity index (χ0n) is 7.20. The van der Waals surface area contributed by atoms with Crippen LogP contribution in [0.5, 0.6) is 0 Å². The molecule has 1 aromatic carbocycles. The zero-order valence-corrected chi connectivity index (χ0v) is 7.20. The van der Waals surface area contributed by atoms with Crippen LogP contribution < -0.4 is 0 Å². The molecule has 0 heterocycles. The number of nitriles is 1. The summed E-state index contributed by atoms with van der Waals surface area (Å²) in [4.78, 5) is 4.11. The Morgan fingerprint density at radius 2 is 2.25 bits per heavy atom. The molecular formula is C10H10N2. The minimum atomic E-state index is 0.713. The van der Waals surface area contributed by atoms with E-state index in [1.165, 1.54) is 0 Å². The molecule has 1 aromatic rings. The van der Waals surface area contributed by atoms with E-state index in [4.69, 9.17) is 5.26 Å². The highest BCUT2D eigenvalue weighted by molar-refractivity contribution is 5.61. The largest absolute Gasteiger partial charge is 0.262 e. The van der Waals surface area contributed by atoms with Gasteiger partial charge in [0.05, 0.1) is 17.3 Å². The molecule has 0 spiro atoms. The van der Waals surface area contributed by atoms with Gasteiger partial charge in [-0.3, -0.25) is 4.99 Å². The van der Waals surface area contributed by atoms with E-state index >= 15 is 0 Å². The van der Waals surface area contributed by atoms with E-state index in [1.807, 2.05) is 26.0 Å². The van der Waals surface area contributed by atoms with Crippen LogP contribution >= 0.6 is 0 Å². The van der Waals surface area contributed by atoms with E-state index in [2.05, 4.69) is 11.1 Å². The van der Waals surface area contributed by atoms with Gasteiger partial charge >= 0.3 is 0 Å². The number of aliphatic imine (C=N–C) groups is 1. The second-order valence-electron chi connectivity index (χ2n) is 2.50. The van der Waals surface area contributed by atoms with Crippen molar-refractivity contribution in [1.29, 1.82) is 5.26 Å². The van der Waals surface area contributed by atoms with Crippen LogP contribution in [0.1, 0.15) is 18.1 Å². The van der Waals surface area contributed by atoms with E-state index in [-0.39, 0.29) is 0 Å². The van der Waals surface area contributed by atoms with Crippen molar-refractivity contribution >= 4 is 11.9 Å². The van der Waals surface area contributed by atoms with Crippen molar-refractivity contribution < 1.29 is 0 Å². The Bertz CT molecular complexity index is 345. The van der Waals surface area contributed by atoms with Crippen molar-refractivity contribution in [3.8, 4) is 6.07 Å². The van der Waals surface area contributed by atoms with Crippen molar-refractivity contribution in [3.63, 3.8) is 0 Å². The first kappa shape index (κ1) is 8.48. The summed E-state index contributed by atoms with van der Waals surface area (Å²) in [7, 11) is 0. The molecule has 60 valence electrons. The van der Waals surface area contributed by atoms with Gasteiger partial charge in [-0.25, -0.2) is 0 Å². The number of nitrogens with zero attached hydrogens (tertiary/aromatic N) is 2. The van der Waals surface area contributed by atoms with E-state index in [0.29, 0.717) is 5.56 Å². The summed E-state index contributed by atoms with van der Waals surface area (Å²) in [6.07, 6.45) is 1.74. The molecule has 2 heteroatoms. The molecule has 0 fully saturated rings. The van der Waals surface area contributed by atoms with Crippen LogP contribution in [0.2, 0.25) is 0 Å². The Balaban J connectivity index is 3.12. The predicted octanol–water partition coefficient (Wildman–Crippen LogP) is 2.59. The quantitative estimate of drug-likeness (QED) is 0.578. The maximum absolute atomic E-state index is 8.65. The smallest absolute Gasteiger partial charge is 0.0994 e. The fourth-order valence-corrected chi connectivity index (χ4v) is 1.00. The van der Waals surface area contributed by atoms with E-state index in [9.17, 15) is 0 Å². The molecule has 0 bridgehead atoms. The maximum Gasteiger partial charge on any atom is 0.0994 e. The van der Waals surface area contributed by atoms with Crippen molar-refractivity contribution in [1.82, 2.24) is 0 Å². The Labute approximate surface area is 72.2 Å². The van der Waals surface area contributed by atoms with Gasteiger partial charge in [0.25, 0.3) is 0 Å². The first-order chi connectivity index (χ1) is 5.77. The summed E-state index contributed by atoms with van der Waals surface area (Å²) in [5, 5.41) is 8.65. The van der Waals surface area contributed by atoms with E-state index in [1.54, 1.807) is 12.3 Å². The second kappa shape index (κ2) is 3.68. The number of hydrogen-bond donors (Lipinski definition) is 0. The molecular weight excluding hydrogens is 148 g/mol. The molecule has 0 atom stereocenters. The molecule has 0 aliphatic heterocycles. The van der Waals surface area contributed by atoms with Gasteiger partial charge in [0.2, 0.25) is 0 Å². The lowest BCUT2D eigenvalue weighted by Gasteiger charge is -1.97. The minimum Gasteiger partial charge on any atom is -0.262 e. The van der Waals surface area contributed by atoms with Gasteiger partial charge in [0, 0.05) is 6.21 Å². The maximum atomic E-state index is 8.65. The van der Waals surface area contributed by atoms with Crippen LogP contribution in [0.25, 0.3) is 0 Å². The number of benzene rings is 1. The molecule has 0 unspecified atom stereocenters. The lowest BCUT2D eigenvalue weighted by molar-refractivity contribution is 1.37. The van der Waals surface area contributed by atoms with Crippen LogP contribution in [-0.2, 0) is 0 Å². The Kier molecular flexibility index (Phi) is 2.60. The highest BCUT2D eigenvalue weighted by atomic mass is 14.7. The zero-order chi connectivity index (χ0) is 8.97. The number of rotatable bonds is 1. The fourth-order valence-electron chi connectivity index (χ4n) is 1.00. The monoisotopic (exact) mass is 158 g/mol. The highest BCUT2D eigenvalue weighted by Crippen LogP contribution is 2.16. The van der Waals surface area contributed by atoms with E-state index in [0.717, 1.165) is 11.3 Å². The molecule has 12 heavy (non-hydrogen) atoms. The Morgan fingerprint density at radius 1 is 1.50 bits per heavy atom. The highest BCUT2D eigenvalue weighted by Gasteiger charge is 1.96. The number of hydrogen-bond acceptors (Lipinski definition) is 2. The number of aryl methyl sites for hydroxylation is 1. The molecule has 2 nitrogen and oxygen atoms in total. The molecule has 0 saturated heterocycles. The van der Waals surface area contributed by atoms with Crippen LogP contribution in [0, 0.1) is 18.3 Å². The molecule has 0 aliphatic rings. The van der Waals surface area contributed by atoms with Crippen molar-refractivity contribution in [2.24, 2.45) is 4.99 Å². The average molecular weight is 158 g/mol. The SMILES string of the molecule is CC=Nc1ccc(C#N)c(C)c1. The van der Waals surface area contributed by atoms with Crippen LogP contribution in [0.4, 0.5) is 5.69 Å². The average Bonchev–Trinajstić information content (AvgIpc) is 2.05. The van der Waals surface area contributed by atoms with Crippen molar-refractivity contribution in [2.45, 2.75) is 13.8 Å². The third kappa shape index (κ3) is 1.70. The summed E-state index contributed by atoms with van der Waals surface area (Å²) in [6, 6.07) is 7.64. The first-order valence-corrected chi connectivity index (χ1v) is 3.77. The van der Waals surface area contributed by atoms with Crippen LogP contribution in [-0.4, -0.2) is 6.21 Å². The first-order valence-electron chi connectivity index (χ1n) is 3.77. The van der Waals surface area contributed by atoms with Gasteiger partial charge in [-0.1, -0.05) is 0 Å². The summed E-state index contributed by atoms with van der Waals surface area (Å²) in [5.74, 6) is 0. The lowest BCUT2D eigenvalue weighted by atomic mass is 10.1. The van der Waals surface area contributed by atoms with Crippen LogP contribution in [0.3, 0.4) is 0 Å². The van der Waals surface area contributed by atoms with E-state index < -0.39 is 0 Å². The molecule has 1 rings (SSSR count). The van der Waals surface area contributed by atoms with Crippen molar-refractivity contribution in [3.05, 3.63) is 29.3 Å². The Hall–Kier alpha value is -1.62. The molecule has 0 saturated carbocycles. The molecule has 0 aliphatic carbocycles. The topological polar surface area (TPSA) is 36.1 Å². The molecule has 0 aromatic heterocycles. The standard InChI is InChI=1S/C10H10N2/c1-3-12-10-5-4-9(7-11)8(2)6-10/h3-6H,1-2H3. The summed E-state index contributed by atoms with van der Waals surface area (Å²) < 4.78 is 0. The normalized spacial score (nSPS) is 10.1. The van der Waals surface area contributed by atoms with Gasteiger partial charge in [-0.15, -0.1) is 0 Å². The van der Waals surface area contributed by atoms with Gasteiger partial charge < -0.3 is 0 Å². The van der Waals surface area contributed by atoms with Crippen molar-refractivity contribution in [2.75, 3.05) is 0 Å². The van der Waals surface area contributed by atoms with Gasteiger partial charge in [-0.2, -0.15) is 5.26 Å². The summed E-state index contributed by atoms with van der Waals surface area (Å²) in [5.41, 5.74) is 2.58. The van der Waals surface area contributed by atoms with Gasteiger partial charge in [-0.05, 0) is 37.6 Å². The lowest BCUT2D eigenvalue weighted by Crippen LogP contribution is -1.79. The fraction of sp³-hybridized carbons (Fsp3) is 0.200. The summed E-state index contributed by atoms with van der Waals surface area (Å²) in [6.45, 7) is 3.78. The third-order valence-corrected chi connectivity index (χ3v) is 1.61. The molecule has 0 N–H and O–H groups in total. The second-order valence-corrected chi connectivity index (χ2v) is 2.50. The minimum absolute atomic E-state index is 0.713. The molecule has 0 radical (unpaired) electrons.